The van der Waals surface area contributed by atoms with Crippen molar-refractivity contribution in [1.82, 2.24) is 4.90 Å². The summed E-state index contributed by atoms with van der Waals surface area (Å²) >= 11 is 9.56. The number of hydrogen-bond acceptors (Lipinski definition) is 3. The lowest BCUT2D eigenvalue weighted by Crippen LogP contribution is -2.25. The van der Waals surface area contributed by atoms with Gasteiger partial charge in [-0.2, -0.15) is 0 Å². The lowest BCUT2D eigenvalue weighted by molar-refractivity contribution is -0.128. The topological polar surface area (TPSA) is 38.8 Å². The Kier molecular flexibility index (Phi) is 4.02. The molecule has 0 aliphatic carbocycles. The van der Waals surface area contributed by atoms with E-state index in [1.54, 1.807) is 26.2 Å². The average Bonchev–Trinajstić information content (AvgIpc) is 2.36. The van der Waals surface area contributed by atoms with Crippen molar-refractivity contribution in [2.45, 2.75) is 5.38 Å². The van der Waals surface area contributed by atoms with Gasteiger partial charge < -0.3 is 14.4 Å². The van der Waals surface area contributed by atoms with E-state index in [2.05, 4.69) is 15.9 Å². The minimum absolute atomic E-state index is 0.166. The van der Waals surface area contributed by atoms with E-state index >= 15 is 0 Å². The number of benzene rings is 1. The third-order valence-corrected chi connectivity index (χ3v) is 3.60. The molecule has 1 heterocycles. The molecular weight excluding hydrogens is 321 g/mol. The Labute approximate surface area is 119 Å². The summed E-state index contributed by atoms with van der Waals surface area (Å²) in [6.07, 6.45) is 0. The molecule has 1 atom stereocenters. The van der Waals surface area contributed by atoms with E-state index in [1.807, 2.05) is 0 Å². The molecule has 0 aromatic heterocycles. The molecule has 1 amide bonds. The van der Waals surface area contributed by atoms with Gasteiger partial charge in [0.1, 0.15) is 18.6 Å². The molecule has 18 heavy (non-hydrogen) atoms. The predicted molar refractivity (Wildman–Crippen MR) is 72.4 cm³/mol. The summed E-state index contributed by atoms with van der Waals surface area (Å²) in [7, 11) is 3.34. The highest BCUT2D eigenvalue weighted by molar-refractivity contribution is 9.10. The smallest absolute Gasteiger partial charge is 0.244 e. The number of rotatable bonds is 2. The van der Waals surface area contributed by atoms with Crippen LogP contribution in [-0.2, 0) is 4.79 Å². The largest absolute Gasteiger partial charge is 0.486 e. The zero-order valence-electron chi connectivity index (χ0n) is 10.1. The molecule has 1 aliphatic heterocycles. The minimum atomic E-state index is -0.730. The Morgan fingerprint density at radius 2 is 2.06 bits per heavy atom. The molecule has 4 nitrogen and oxygen atoms in total. The molecule has 1 aromatic carbocycles. The second kappa shape index (κ2) is 5.36. The number of nitrogens with zero attached hydrogens (tertiary/aromatic N) is 1. The molecule has 0 fully saturated rings. The van der Waals surface area contributed by atoms with Gasteiger partial charge in [0.2, 0.25) is 5.91 Å². The Bertz CT molecular complexity index is 479. The molecule has 0 spiro atoms. The first kappa shape index (κ1) is 13.5. The third-order valence-electron chi connectivity index (χ3n) is 2.57. The van der Waals surface area contributed by atoms with Gasteiger partial charge >= 0.3 is 0 Å². The van der Waals surface area contributed by atoms with Crippen LogP contribution in [0, 0.1) is 0 Å². The summed E-state index contributed by atoms with van der Waals surface area (Å²) in [6.45, 7) is 1.02. The van der Waals surface area contributed by atoms with Crippen LogP contribution in [0.1, 0.15) is 10.9 Å². The fraction of sp³-hybridized carbons (Fsp3) is 0.417. The first-order chi connectivity index (χ1) is 8.50. The SMILES string of the molecule is CN(C)C(=O)C(Cl)c1cc(Br)c2c(c1)OCCO2. The predicted octanol–water partition coefficient (Wildman–Crippen LogP) is 2.59. The van der Waals surface area contributed by atoms with Crippen LogP contribution in [0.4, 0.5) is 0 Å². The molecule has 1 unspecified atom stereocenters. The number of carbonyl (C=O) groups is 1. The molecule has 98 valence electrons. The third kappa shape index (κ3) is 2.57. The first-order valence-corrected chi connectivity index (χ1v) is 6.68. The maximum absolute atomic E-state index is 11.8. The van der Waals surface area contributed by atoms with Gasteiger partial charge in [-0.1, -0.05) is 0 Å². The highest BCUT2D eigenvalue weighted by atomic mass is 79.9. The van der Waals surface area contributed by atoms with E-state index in [9.17, 15) is 4.79 Å². The number of likely N-dealkylation sites (N-methyl/N-ethyl adjacent to an activating group) is 1. The van der Waals surface area contributed by atoms with E-state index in [1.165, 1.54) is 4.90 Å². The zero-order valence-corrected chi connectivity index (χ0v) is 12.4. The molecule has 0 radical (unpaired) electrons. The standard InChI is InChI=1S/C12H13BrClNO3/c1-15(2)12(16)10(14)7-5-8(13)11-9(6-7)17-3-4-18-11/h5-6,10H,3-4H2,1-2H3. The highest BCUT2D eigenvalue weighted by Gasteiger charge is 2.24. The van der Waals surface area contributed by atoms with Crippen molar-refractivity contribution in [1.29, 1.82) is 0 Å². The summed E-state index contributed by atoms with van der Waals surface area (Å²) in [5.41, 5.74) is 0.687. The van der Waals surface area contributed by atoms with Crippen molar-refractivity contribution in [3.05, 3.63) is 22.2 Å². The number of carbonyl (C=O) groups excluding carboxylic acids is 1. The van der Waals surface area contributed by atoms with E-state index in [0.29, 0.717) is 30.3 Å². The molecule has 1 aromatic rings. The van der Waals surface area contributed by atoms with Crippen LogP contribution in [0.5, 0.6) is 11.5 Å². The molecule has 0 saturated heterocycles. The van der Waals surface area contributed by atoms with E-state index in [4.69, 9.17) is 21.1 Å². The average molecular weight is 335 g/mol. The Balaban J connectivity index is 2.35. The maximum Gasteiger partial charge on any atom is 0.244 e. The van der Waals surface area contributed by atoms with Gasteiger partial charge in [-0.25, -0.2) is 0 Å². The molecule has 0 saturated carbocycles. The molecule has 6 heteroatoms. The zero-order chi connectivity index (χ0) is 13.3. The van der Waals surface area contributed by atoms with Gasteiger partial charge in [0, 0.05) is 14.1 Å². The molecule has 2 rings (SSSR count). The highest BCUT2D eigenvalue weighted by Crippen LogP contribution is 2.41. The van der Waals surface area contributed by atoms with Crippen LogP contribution >= 0.6 is 27.5 Å². The second-order valence-corrected chi connectivity index (χ2v) is 5.41. The van der Waals surface area contributed by atoms with Crippen LogP contribution in [0.25, 0.3) is 0 Å². The quantitative estimate of drug-likeness (QED) is 0.780. The van der Waals surface area contributed by atoms with Crippen LogP contribution in [0.3, 0.4) is 0 Å². The minimum Gasteiger partial charge on any atom is -0.486 e. The van der Waals surface area contributed by atoms with Crippen molar-refractivity contribution in [2.24, 2.45) is 0 Å². The van der Waals surface area contributed by atoms with Crippen LogP contribution in [0.2, 0.25) is 0 Å². The van der Waals surface area contributed by atoms with Gasteiger partial charge in [0.15, 0.2) is 11.5 Å². The van der Waals surface area contributed by atoms with Crippen molar-refractivity contribution in [2.75, 3.05) is 27.3 Å². The van der Waals surface area contributed by atoms with Gasteiger partial charge in [-0.3, -0.25) is 4.79 Å². The number of ether oxygens (including phenoxy) is 2. The Morgan fingerprint density at radius 1 is 1.39 bits per heavy atom. The fourth-order valence-corrected chi connectivity index (χ4v) is 2.54. The second-order valence-electron chi connectivity index (χ2n) is 4.12. The van der Waals surface area contributed by atoms with Gasteiger partial charge in [0.25, 0.3) is 0 Å². The van der Waals surface area contributed by atoms with Gasteiger partial charge in [-0.15, -0.1) is 11.6 Å². The van der Waals surface area contributed by atoms with Crippen molar-refractivity contribution in [3.8, 4) is 11.5 Å². The molecule has 0 N–H and O–H groups in total. The van der Waals surface area contributed by atoms with E-state index in [0.717, 1.165) is 4.47 Å². The van der Waals surface area contributed by atoms with Crippen molar-refractivity contribution < 1.29 is 14.3 Å². The molecule has 0 bridgehead atoms. The van der Waals surface area contributed by atoms with Crippen molar-refractivity contribution in [3.63, 3.8) is 0 Å². The molecular formula is C12H13BrClNO3. The lowest BCUT2D eigenvalue weighted by atomic mass is 10.1. The van der Waals surface area contributed by atoms with E-state index < -0.39 is 5.38 Å². The van der Waals surface area contributed by atoms with Crippen LogP contribution in [0.15, 0.2) is 16.6 Å². The Morgan fingerprint density at radius 3 is 2.72 bits per heavy atom. The lowest BCUT2D eigenvalue weighted by Gasteiger charge is -2.22. The summed E-state index contributed by atoms with van der Waals surface area (Å²) in [5, 5.41) is -0.730. The summed E-state index contributed by atoms with van der Waals surface area (Å²) in [5.74, 6) is 1.11. The summed E-state index contributed by atoms with van der Waals surface area (Å²) in [6, 6.07) is 3.53. The first-order valence-electron chi connectivity index (χ1n) is 5.45. The van der Waals surface area contributed by atoms with Crippen molar-refractivity contribution >= 4 is 33.4 Å². The van der Waals surface area contributed by atoms with E-state index in [-0.39, 0.29) is 5.91 Å². The summed E-state index contributed by atoms with van der Waals surface area (Å²) < 4.78 is 11.7. The number of alkyl halides is 1. The Hall–Kier alpha value is -0.940. The van der Waals surface area contributed by atoms with Crippen LogP contribution in [-0.4, -0.2) is 38.1 Å². The summed E-state index contributed by atoms with van der Waals surface area (Å²) in [4.78, 5) is 13.3. The molecule has 1 aliphatic rings. The fourth-order valence-electron chi connectivity index (χ4n) is 1.65. The normalized spacial score (nSPS) is 15.1. The van der Waals surface area contributed by atoms with Gasteiger partial charge in [-0.05, 0) is 33.6 Å². The number of fused-ring (bicyclic) bond motifs is 1. The van der Waals surface area contributed by atoms with Crippen LogP contribution < -0.4 is 9.47 Å². The maximum atomic E-state index is 11.8. The van der Waals surface area contributed by atoms with Gasteiger partial charge in [0.05, 0.1) is 4.47 Å². The number of hydrogen-bond donors (Lipinski definition) is 0. The monoisotopic (exact) mass is 333 g/mol. The number of halogens is 2. The number of amides is 1.